The predicted molar refractivity (Wildman–Crippen MR) is 83.4 cm³/mol. The molecule has 0 radical (unpaired) electrons. The molecule has 0 saturated heterocycles. The number of hydrogen-bond acceptors (Lipinski definition) is 5. The highest BCUT2D eigenvalue weighted by Crippen LogP contribution is 2.21. The van der Waals surface area contributed by atoms with Gasteiger partial charge in [0, 0.05) is 0 Å². The van der Waals surface area contributed by atoms with Crippen LogP contribution in [-0.2, 0) is 11.2 Å². The van der Waals surface area contributed by atoms with Crippen LogP contribution in [-0.4, -0.2) is 31.7 Å². The van der Waals surface area contributed by atoms with Gasteiger partial charge in [-0.2, -0.15) is 10.2 Å². The lowest BCUT2D eigenvalue weighted by Crippen LogP contribution is -2.27. The van der Waals surface area contributed by atoms with E-state index in [0.29, 0.717) is 16.5 Å². The van der Waals surface area contributed by atoms with Gasteiger partial charge in [0.1, 0.15) is 5.60 Å². The predicted octanol–water partition coefficient (Wildman–Crippen LogP) is 3.23. The highest BCUT2D eigenvalue weighted by atomic mass is 35.5. The van der Waals surface area contributed by atoms with Crippen LogP contribution in [0.4, 0.5) is 10.5 Å². The van der Waals surface area contributed by atoms with Gasteiger partial charge in [0.2, 0.25) is 0 Å². The van der Waals surface area contributed by atoms with Crippen LogP contribution in [0.2, 0.25) is 5.02 Å². The van der Waals surface area contributed by atoms with Crippen molar-refractivity contribution in [2.45, 2.75) is 39.7 Å². The van der Waals surface area contributed by atoms with Gasteiger partial charge in [-0.1, -0.05) is 18.5 Å². The van der Waals surface area contributed by atoms with E-state index in [1.165, 1.54) is 11.0 Å². The van der Waals surface area contributed by atoms with Gasteiger partial charge < -0.3 is 4.74 Å². The Bertz CT molecular complexity index is 678. The number of nitrogens with zero attached hydrogens (tertiary/aromatic N) is 4. The summed E-state index contributed by atoms with van der Waals surface area (Å²) in [6.45, 7) is 7.35. The Balaban J connectivity index is 2.14. The largest absolute Gasteiger partial charge is 0.444 e. The van der Waals surface area contributed by atoms with Crippen LogP contribution in [0.3, 0.4) is 0 Å². The van der Waals surface area contributed by atoms with Gasteiger partial charge in [0.15, 0.2) is 5.82 Å². The molecule has 2 aromatic rings. The molecule has 2 rings (SSSR count). The lowest BCUT2D eigenvalue weighted by atomic mass is 10.2. The number of pyridine rings is 1. The molecule has 0 atom stereocenters. The van der Waals surface area contributed by atoms with Crippen LogP contribution >= 0.6 is 11.6 Å². The van der Waals surface area contributed by atoms with Crippen molar-refractivity contribution in [3.05, 3.63) is 29.2 Å². The molecule has 7 nitrogen and oxygen atoms in total. The molecule has 1 N–H and O–H groups in total. The third kappa shape index (κ3) is 4.17. The summed E-state index contributed by atoms with van der Waals surface area (Å²) in [7, 11) is 0. The highest BCUT2D eigenvalue weighted by molar-refractivity contribution is 6.32. The Labute approximate surface area is 133 Å². The van der Waals surface area contributed by atoms with E-state index in [-0.39, 0.29) is 0 Å². The zero-order valence-electron chi connectivity index (χ0n) is 12.9. The normalized spacial score (nSPS) is 11.3. The minimum absolute atomic E-state index is 0.326. The minimum Gasteiger partial charge on any atom is -0.444 e. The van der Waals surface area contributed by atoms with E-state index in [1.807, 2.05) is 6.92 Å². The van der Waals surface area contributed by atoms with E-state index >= 15 is 0 Å². The molecule has 0 unspecified atom stereocenters. The zero-order chi connectivity index (χ0) is 16.3. The fourth-order valence-electron chi connectivity index (χ4n) is 1.63. The maximum atomic E-state index is 11.7. The average molecular weight is 324 g/mol. The number of hydrogen-bond donors (Lipinski definition) is 1. The molecule has 0 aliphatic heterocycles. The Morgan fingerprint density at radius 3 is 2.68 bits per heavy atom. The Kier molecular flexibility index (Phi) is 4.65. The molecule has 0 aliphatic rings. The average Bonchev–Trinajstić information content (AvgIpc) is 2.85. The molecule has 1 amide bonds. The quantitative estimate of drug-likeness (QED) is 0.937. The second kappa shape index (κ2) is 6.31. The van der Waals surface area contributed by atoms with E-state index < -0.39 is 11.7 Å². The zero-order valence-corrected chi connectivity index (χ0v) is 13.7. The summed E-state index contributed by atoms with van der Waals surface area (Å²) in [5.41, 5.74) is 0.705. The van der Waals surface area contributed by atoms with E-state index in [9.17, 15) is 4.79 Å². The smallest absolute Gasteiger partial charge is 0.412 e. The third-order valence-corrected chi connectivity index (χ3v) is 2.84. The van der Waals surface area contributed by atoms with Crippen molar-refractivity contribution in [1.29, 1.82) is 0 Å². The van der Waals surface area contributed by atoms with Crippen molar-refractivity contribution in [1.82, 2.24) is 20.0 Å². The first-order valence-electron chi connectivity index (χ1n) is 6.85. The lowest BCUT2D eigenvalue weighted by Gasteiger charge is -2.19. The first-order chi connectivity index (χ1) is 10.3. The van der Waals surface area contributed by atoms with Gasteiger partial charge in [-0.3, -0.25) is 5.32 Å². The number of rotatable bonds is 3. The summed E-state index contributed by atoms with van der Waals surface area (Å²) < 4.78 is 5.16. The molecule has 22 heavy (non-hydrogen) atoms. The number of carbonyl (C=O) groups excluding carboxylic acids is 1. The van der Waals surface area contributed by atoms with Crippen molar-refractivity contribution >= 4 is 23.4 Å². The van der Waals surface area contributed by atoms with Crippen LogP contribution in [0.25, 0.3) is 5.82 Å². The number of aromatic nitrogens is 4. The summed E-state index contributed by atoms with van der Waals surface area (Å²) in [5.74, 6) is 0.399. The SMILES string of the molecule is CCc1cnn(-c2ncc(NC(=O)OC(C)(C)C)cc2Cl)n1. The number of aryl methyl sites for hydroxylation is 1. The molecule has 118 valence electrons. The lowest BCUT2D eigenvalue weighted by molar-refractivity contribution is 0.0636. The number of amides is 1. The standard InChI is InChI=1S/C14H18ClN5O2/c1-5-9-8-17-20(19-9)12-11(15)6-10(7-16-12)18-13(21)22-14(2,3)4/h6-8H,5H2,1-4H3,(H,18,21). The Morgan fingerprint density at radius 2 is 2.14 bits per heavy atom. The van der Waals surface area contributed by atoms with Crippen LogP contribution in [0, 0.1) is 0 Å². The molecule has 0 spiro atoms. The molecule has 2 aromatic heterocycles. The number of halogens is 1. The van der Waals surface area contributed by atoms with Crippen LogP contribution < -0.4 is 5.32 Å². The van der Waals surface area contributed by atoms with Gasteiger partial charge in [-0.15, -0.1) is 4.80 Å². The molecule has 0 aromatic carbocycles. The summed E-state index contributed by atoms with van der Waals surface area (Å²) in [6.07, 6.45) is 3.34. The fraction of sp³-hybridized carbons (Fsp3) is 0.429. The third-order valence-electron chi connectivity index (χ3n) is 2.56. The Morgan fingerprint density at radius 1 is 1.41 bits per heavy atom. The van der Waals surface area contributed by atoms with Crippen molar-refractivity contribution in [2.75, 3.05) is 5.32 Å². The molecule has 0 bridgehead atoms. The summed E-state index contributed by atoms with van der Waals surface area (Å²) in [4.78, 5) is 17.2. The number of nitrogens with one attached hydrogen (secondary N) is 1. The number of anilines is 1. The summed E-state index contributed by atoms with van der Waals surface area (Å²) in [5, 5.41) is 11.3. The summed E-state index contributed by atoms with van der Waals surface area (Å²) >= 11 is 6.18. The molecular formula is C14H18ClN5O2. The van der Waals surface area contributed by atoms with E-state index in [1.54, 1.807) is 33.0 Å². The molecule has 0 aliphatic carbocycles. The van der Waals surface area contributed by atoms with Gasteiger partial charge in [-0.05, 0) is 33.3 Å². The fourth-order valence-corrected chi connectivity index (χ4v) is 1.87. The maximum absolute atomic E-state index is 11.7. The van der Waals surface area contributed by atoms with Crippen molar-refractivity contribution in [3.63, 3.8) is 0 Å². The van der Waals surface area contributed by atoms with Crippen molar-refractivity contribution < 1.29 is 9.53 Å². The van der Waals surface area contributed by atoms with Crippen LogP contribution in [0.15, 0.2) is 18.5 Å². The first-order valence-corrected chi connectivity index (χ1v) is 7.23. The van der Waals surface area contributed by atoms with E-state index in [4.69, 9.17) is 16.3 Å². The van der Waals surface area contributed by atoms with Gasteiger partial charge in [0.25, 0.3) is 0 Å². The number of carbonyl (C=O) groups is 1. The van der Waals surface area contributed by atoms with E-state index in [0.717, 1.165) is 12.1 Å². The number of ether oxygens (including phenoxy) is 1. The molecule has 0 fully saturated rings. The van der Waals surface area contributed by atoms with Crippen LogP contribution in [0.1, 0.15) is 33.4 Å². The first kappa shape index (κ1) is 16.2. The Hall–Kier alpha value is -2.15. The van der Waals surface area contributed by atoms with Crippen molar-refractivity contribution in [3.8, 4) is 5.82 Å². The maximum Gasteiger partial charge on any atom is 0.412 e. The van der Waals surface area contributed by atoms with Crippen LogP contribution in [0.5, 0.6) is 0 Å². The van der Waals surface area contributed by atoms with Gasteiger partial charge >= 0.3 is 6.09 Å². The molecule has 8 heteroatoms. The van der Waals surface area contributed by atoms with Gasteiger partial charge in [0.05, 0.1) is 28.8 Å². The second-order valence-corrected chi connectivity index (χ2v) is 6.04. The molecule has 2 heterocycles. The van der Waals surface area contributed by atoms with Crippen molar-refractivity contribution in [2.24, 2.45) is 0 Å². The molecular weight excluding hydrogens is 306 g/mol. The topological polar surface area (TPSA) is 81.9 Å². The highest BCUT2D eigenvalue weighted by Gasteiger charge is 2.17. The second-order valence-electron chi connectivity index (χ2n) is 5.64. The minimum atomic E-state index is -0.573. The van der Waals surface area contributed by atoms with Gasteiger partial charge in [-0.25, -0.2) is 9.78 Å². The summed E-state index contributed by atoms with van der Waals surface area (Å²) in [6, 6.07) is 1.57. The monoisotopic (exact) mass is 323 g/mol. The molecule has 0 saturated carbocycles. The van der Waals surface area contributed by atoms with E-state index in [2.05, 4.69) is 20.5 Å².